The van der Waals surface area contributed by atoms with Gasteiger partial charge in [-0.1, -0.05) is 19.1 Å². The van der Waals surface area contributed by atoms with Crippen molar-refractivity contribution in [2.24, 2.45) is 5.92 Å². The van der Waals surface area contributed by atoms with Crippen LogP contribution < -0.4 is 0 Å². The van der Waals surface area contributed by atoms with Crippen LogP contribution in [0.25, 0.3) is 11.0 Å². The van der Waals surface area contributed by atoms with Crippen LogP contribution in [0.1, 0.15) is 23.0 Å². The molecule has 2 fully saturated rings. The molecule has 3 heterocycles. The maximum absolute atomic E-state index is 13.9. The van der Waals surface area contributed by atoms with E-state index in [1.165, 1.54) is 6.07 Å². The third kappa shape index (κ3) is 2.83. The average Bonchev–Trinajstić information content (AvgIpc) is 3.17. The number of carbonyl (C=O) groups excluding carboxylic acids is 1. The van der Waals surface area contributed by atoms with Gasteiger partial charge in [-0.3, -0.25) is 9.69 Å². The molecule has 2 aliphatic heterocycles. The first kappa shape index (κ1) is 16.5. The highest BCUT2D eigenvalue weighted by atomic mass is 19.1. The van der Waals surface area contributed by atoms with Gasteiger partial charge in [-0.05, 0) is 18.9 Å². The number of amides is 1. The van der Waals surface area contributed by atoms with E-state index in [2.05, 4.69) is 11.8 Å². The highest BCUT2D eigenvalue weighted by molar-refractivity contribution is 5.99. The molecule has 1 amide bonds. The number of para-hydroxylation sites is 1. The second-order valence-electron chi connectivity index (χ2n) is 7.08. The molecule has 2 saturated heterocycles. The van der Waals surface area contributed by atoms with E-state index in [4.69, 9.17) is 9.15 Å². The summed E-state index contributed by atoms with van der Waals surface area (Å²) in [4.78, 5) is 17.2. The Morgan fingerprint density at radius 2 is 2.00 bits per heavy atom. The molecular weight excluding hydrogens is 323 g/mol. The smallest absolute Gasteiger partial charge is 0.289 e. The van der Waals surface area contributed by atoms with Crippen molar-refractivity contribution in [3.8, 4) is 0 Å². The lowest BCUT2D eigenvalue weighted by atomic mass is 10.0. The van der Waals surface area contributed by atoms with Crippen LogP contribution in [0.5, 0.6) is 0 Å². The fourth-order valence-corrected chi connectivity index (χ4v) is 4.06. The minimum absolute atomic E-state index is 0.143. The van der Waals surface area contributed by atoms with Crippen LogP contribution in [-0.2, 0) is 4.74 Å². The Morgan fingerprint density at radius 3 is 2.72 bits per heavy atom. The van der Waals surface area contributed by atoms with Gasteiger partial charge in [0.25, 0.3) is 5.91 Å². The number of nitrogens with zero attached hydrogens (tertiary/aromatic N) is 2. The molecule has 2 aliphatic rings. The summed E-state index contributed by atoms with van der Waals surface area (Å²) in [6.07, 6.45) is 0. The van der Waals surface area contributed by atoms with E-state index in [-0.39, 0.29) is 17.3 Å². The van der Waals surface area contributed by atoms with Gasteiger partial charge in [0.1, 0.15) is 0 Å². The highest BCUT2D eigenvalue weighted by Crippen LogP contribution is 2.30. The maximum Gasteiger partial charge on any atom is 0.289 e. The Morgan fingerprint density at radius 1 is 1.24 bits per heavy atom. The van der Waals surface area contributed by atoms with Crippen molar-refractivity contribution in [1.29, 1.82) is 0 Å². The summed E-state index contributed by atoms with van der Waals surface area (Å²) in [7, 11) is 0. The molecule has 134 valence electrons. The number of benzene rings is 1. The summed E-state index contributed by atoms with van der Waals surface area (Å²) in [5.41, 5.74) is 0.877. The number of aryl methyl sites for hydroxylation is 1. The van der Waals surface area contributed by atoms with Gasteiger partial charge in [0.2, 0.25) is 0 Å². The van der Waals surface area contributed by atoms with Crippen LogP contribution >= 0.6 is 0 Å². The van der Waals surface area contributed by atoms with E-state index in [1.807, 2.05) is 11.8 Å². The second-order valence-corrected chi connectivity index (χ2v) is 7.08. The quantitative estimate of drug-likeness (QED) is 0.839. The van der Waals surface area contributed by atoms with Crippen molar-refractivity contribution < 1.29 is 18.3 Å². The SMILES string of the molecule is Cc1c(C(=O)N2CC(C)C(N3CCOCC3)C2)oc2c(F)cccc12. The fourth-order valence-electron chi connectivity index (χ4n) is 4.06. The molecule has 0 aliphatic carbocycles. The fraction of sp³-hybridized carbons (Fsp3) is 0.526. The number of hydrogen-bond donors (Lipinski definition) is 0. The molecule has 1 aromatic carbocycles. The molecule has 5 nitrogen and oxygen atoms in total. The van der Waals surface area contributed by atoms with Gasteiger partial charge in [-0.2, -0.15) is 0 Å². The van der Waals surface area contributed by atoms with Crippen LogP contribution in [0.4, 0.5) is 4.39 Å². The molecule has 1 aromatic heterocycles. The minimum Gasteiger partial charge on any atom is -0.448 e. The first-order valence-electron chi connectivity index (χ1n) is 8.85. The first-order chi connectivity index (χ1) is 12.1. The van der Waals surface area contributed by atoms with Crippen LogP contribution in [0, 0.1) is 18.7 Å². The standard InChI is InChI=1S/C19H23FN2O3/c1-12-10-22(11-16(12)21-6-8-24-9-7-21)19(23)17-13(2)14-4-3-5-15(20)18(14)25-17/h3-5,12,16H,6-11H2,1-2H3. The van der Waals surface area contributed by atoms with Crippen molar-refractivity contribution in [2.45, 2.75) is 19.9 Å². The van der Waals surface area contributed by atoms with Crippen molar-refractivity contribution >= 4 is 16.9 Å². The summed E-state index contributed by atoms with van der Waals surface area (Å²) in [5, 5.41) is 0.667. The average molecular weight is 346 g/mol. The monoisotopic (exact) mass is 346 g/mol. The van der Waals surface area contributed by atoms with Gasteiger partial charge in [-0.25, -0.2) is 4.39 Å². The Kier molecular flexibility index (Phi) is 4.25. The molecule has 0 saturated carbocycles. The molecule has 6 heteroatoms. The van der Waals surface area contributed by atoms with Crippen LogP contribution in [0.15, 0.2) is 22.6 Å². The molecule has 0 bridgehead atoms. The Hall–Kier alpha value is -1.92. The van der Waals surface area contributed by atoms with Gasteiger partial charge < -0.3 is 14.1 Å². The lowest BCUT2D eigenvalue weighted by Crippen LogP contribution is -2.47. The number of hydrogen-bond acceptors (Lipinski definition) is 4. The summed E-state index contributed by atoms with van der Waals surface area (Å²) < 4.78 is 25.0. The minimum atomic E-state index is -0.430. The van der Waals surface area contributed by atoms with Gasteiger partial charge in [-0.15, -0.1) is 0 Å². The van der Waals surface area contributed by atoms with Crippen LogP contribution in [-0.4, -0.2) is 61.1 Å². The van der Waals surface area contributed by atoms with E-state index in [0.29, 0.717) is 36.0 Å². The third-order valence-electron chi connectivity index (χ3n) is 5.48. The van der Waals surface area contributed by atoms with E-state index in [1.54, 1.807) is 12.1 Å². The zero-order valence-electron chi connectivity index (χ0n) is 14.6. The highest BCUT2D eigenvalue weighted by Gasteiger charge is 2.38. The molecule has 2 aromatic rings. The number of furan rings is 1. The van der Waals surface area contributed by atoms with Crippen molar-refractivity contribution in [1.82, 2.24) is 9.80 Å². The number of likely N-dealkylation sites (tertiary alicyclic amines) is 1. The van der Waals surface area contributed by atoms with E-state index in [0.717, 1.165) is 26.3 Å². The van der Waals surface area contributed by atoms with Gasteiger partial charge in [0.05, 0.1) is 13.2 Å². The third-order valence-corrected chi connectivity index (χ3v) is 5.48. The Bertz CT molecular complexity index is 797. The van der Waals surface area contributed by atoms with Gasteiger partial charge in [0, 0.05) is 43.2 Å². The van der Waals surface area contributed by atoms with E-state index in [9.17, 15) is 9.18 Å². The molecular formula is C19H23FN2O3. The Balaban J connectivity index is 1.57. The van der Waals surface area contributed by atoms with E-state index < -0.39 is 5.82 Å². The van der Waals surface area contributed by atoms with Gasteiger partial charge in [0.15, 0.2) is 17.2 Å². The topological polar surface area (TPSA) is 45.9 Å². The van der Waals surface area contributed by atoms with Crippen LogP contribution in [0.3, 0.4) is 0 Å². The molecule has 0 radical (unpaired) electrons. The summed E-state index contributed by atoms with van der Waals surface area (Å²) >= 11 is 0. The molecule has 25 heavy (non-hydrogen) atoms. The lowest BCUT2D eigenvalue weighted by Gasteiger charge is -2.33. The molecule has 0 spiro atoms. The number of fused-ring (bicyclic) bond motifs is 1. The Labute approximate surface area is 146 Å². The van der Waals surface area contributed by atoms with Gasteiger partial charge >= 0.3 is 0 Å². The molecule has 0 N–H and O–H groups in total. The number of rotatable bonds is 2. The zero-order valence-corrected chi connectivity index (χ0v) is 14.6. The van der Waals surface area contributed by atoms with E-state index >= 15 is 0 Å². The maximum atomic E-state index is 13.9. The first-order valence-corrected chi connectivity index (χ1v) is 8.85. The summed E-state index contributed by atoms with van der Waals surface area (Å²) in [5.74, 6) is 0.0785. The lowest BCUT2D eigenvalue weighted by molar-refractivity contribution is 0.0119. The number of morpholine rings is 1. The van der Waals surface area contributed by atoms with Crippen molar-refractivity contribution in [3.63, 3.8) is 0 Å². The number of ether oxygens (including phenoxy) is 1. The van der Waals surface area contributed by atoms with Crippen molar-refractivity contribution in [2.75, 3.05) is 39.4 Å². The summed E-state index contributed by atoms with van der Waals surface area (Å²) in [6.45, 7) is 8.69. The number of carbonyl (C=O) groups is 1. The summed E-state index contributed by atoms with van der Waals surface area (Å²) in [6, 6.07) is 5.12. The van der Waals surface area contributed by atoms with Crippen molar-refractivity contribution in [3.05, 3.63) is 35.3 Å². The predicted octanol–water partition coefficient (Wildman–Crippen LogP) is 2.67. The predicted molar refractivity (Wildman–Crippen MR) is 92.2 cm³/mol. The largest absolute Gasteiger partial charge is 0.448 e. The number of halogens is 1. The molecule has 4 rings (SSSR count). The van der Waals surface area contributed by atoms with Crippen LogP contribution in [0.2, 0.25) is 0 Å². The second kappa shape index (κ2) is 6.42. The zero-order chi connectivity index (χ0) is 17.6. The molecule has 2 unspecified atom stereocenters. The molecule has 2 atom stereocenters. The normalized spacial score (nSPS) is 25.0.